The van der Waals surface area contributed by atoms with Crippen molar-refractivity contribution in [2.75, 3.05) is 38.2 Å². The average molecular weight is 424 g/mol. The molecule has 0 aliphatic carbocycles. The fourth-order valence-electron chi connectivity index (χ4n) is 3.43. The molecule has 0 N–H and O–H groups in total. The van der Waals surface area contributed by atoms with E-state index in [2.05, 4.69) is 14.7 Å². The number of ether oxygens (including phenoxy) is 1. The van der Waals surface area contributed by atoms with Crippen LogP contribution in [0.2, 0.25) is 0 Å². The predicted molar refractivity (Wildman–Crippen MR) is 103 cm³/mol. The number of carbonyl (C=O) groups is 2. The van der Waals surface area contributed by atoms with Crippen LogP contribution in [0.1, 0.15) is 27.3 Å². The number of piperazine rings is 1. The van der Waals surface area contributed by atoms with Gasteiger partial charge in [0.2, 0.25) is 5.91 Å². The minimum Gasteiger partial charge on any atom is -0.465 e. The fraction of sp³-hybridized carbons (Fsp3) is 0.450. The Hall–Kier alpha value is -3.04. The number of halogens is 3. The van der Waals surface area contributed by atoms with Crippen molar-refractivity contribution in [1.82, 2.24) is 14.7 Å². The molecular weight excluding hydrogens is 401 g/mol. The molecule has 0 atom stereocenters. The number of alkyl halides is 3. The van der Waals surface area contributed by atoms with Crippen LogP contribution in [-0.4, -0.2) is 59.8 Å². The highest BCUT2D eigenvalue weighted by Gasteiger charge is 2.37. The Kier molecular flexibility index (Phi) is 6.04. The van der Waals surface area contributed by atoms with Gasteiger partial charge in [0, 0.05) is 43.1 Å². The normalized spacial score (nSPS) is 14.7. The molecule has 0 unspecified atom stereocenters. The van der Waals surface area contributed by atoms with Crippen LogP contribution >= 0.6 is 0 Å². The van der Waals surface area contributed by atoms with Crippen LogP contribution in [-0.2, 0) is 22.3 Å². The van der Waals surface area contributed by atoms with E-state index in [1.807, 2.05) is 12.1 Å². The molecule has 0 radical (unpaired) electrons. The Morgan fingerprint density at radius 2 is 1.67 bits per heavy atom. The van der Waals surface area contributed by atoms with Crippen LogP contribution in [0.4, 0.5) is 18.9 Å². The third kappa shape index (κ3) is 4.42. The summed E-state index contributed by atoms with van der Waals surface area (Å²) in [6.07, 6.45) is -4.54. The van der Waals surface area contributed by atoms with E-state index in [0.29, 0.717) is 37.4 Å². The van der Waals surface area contributed by atoms with Gasteiger partial charge in [-0.2, -0.15) is 18.3 Å². The van der Waals surface area contributed by atoms with Crippen molar-refractivity contribution in [2.24, 2.45) is 0 Å². The molecule has 0 saturated carbocycles. The smallest absolute Gasteiger partial charge is 0.435 e. The van der Waals surface area contributed by atoms with Gasteiger partial charge in [-0.1, -0.05) is 0 Å². The van der Waals surface area contributed by atoms with E-state index in [1.54, 1.807) is 17.0 Å². The number of aromatic nitrogens is 2. The van der Waals surface area contributed by atoms with Gasteiger partial charge in [0.1, 0.15) is 6.54 Å². The molecule has 2 aromatic rings. The molecule has 7 nitrogen and oxygen atoms in total. The van der Waals surface area contributed by atoms with Gasteiger partial charge in [-0.05, 0) is 38.1 Å². The summed E-state index contributed by atoms with van der Waals surface area (Å²) < 4.78 is 44.9. The van der Waals surface area contributed by atoms with E-state index >= 15 is 0 Å². The number of anilines is 1. The molecule has 0 spiro atoms. The molecular formula is C20H23F3N4O3. The van der Waals surface area contributed by atoms with E-state index < -0.39 is 17.8 Å². The van der Waals surface area contributed by atoms with Crippen LogP contribution in [0.25, 0.3) is 0 Å². The largest absolute Gasteiger partial charge is 0.465 e. The number of hydrogen-bond donors (Lipinski definition) is 0. The Bertz CT molecular complexity index is 930. The summed E-state index contributed by atoms with van der Waals surface area (Å²) in [5, 5.41) is 3.60. The van der Waals surface area contributed by atoms with Crippen molar-refractivity contribution in [3.8, 4) is 0 Å². The van der Waals surface area contributed by atoms with Crippen molar-refractivity contribution in [2.45, 2.75) is 26.6 Å². The molecule has 1 aromatic heterocycles. The third-order valence-corrected chi connectivity index (χ3v) is 5.35. The zero-order valence-corrected chi connectivity index (χ0v) is 17.0. The van der Waals surface area contributed by atoms with E-state index in [1.165, 1.54) is 21.0 Å². The van der Waals surface area contributed by atoms with Gasteiger partial charge in [-0.25, -0.2) is 4.79 Å². The minimum absolute atomic E-state index is 0.0375. The highest BCUT2D eigenvalue weighted by molar-refractivity contribution is 5.89. The van der Waals surface area contributed by atoms with Crippen molar-refractivity contribution in [3.63, 3.8) is 0 Å². The van der Waals surface area contributed by atoms with Crippen molar-refractivity contribution < 1.29 is 27.5 Å². The summed E-state index contributed by atoms with van der Waals surface area (Å²) in [5.74, 6) is -0.676. The maximum absolute atomic E-state index is 13.0. The van der Waals surface area contributed by atoms with Crippen LogP contribution in [0.5, 0.6) is 0 Å². The maximum Gasteiger partial charge on any atom is 0.435 e. The fourth-order valence-corrected chi connectivity index (χ4v) is 3.43. The third-order valence-electron chi connectivity index (χ3n) is 5.35. The number of amides is 1. The van der Waals surface area contributed by atoms with Crippen molar-refractivity contribution >= 4 is 17.6 Å². The van der Waals surface area contributed by atoms with Gasteiger partial charge in [0.15, 0.2) is 5.69 Å². The van der Waals surface area contributed by atoms with Gasteiger partial charge in [-0.15, -0.1) is 0 Å². The summed E-state index contributed by atoms with van der Waals surface area (Å²) in [6.45, 7) is 4.71. The van der Waals surface area contributed by atoms with E-state index in [-0.39, 0.29) is 18.0 Å². The first-order chi connectivity index (χ1) is 14.1. The zero-order chi connectivity index (χ0) is 22.1. The molecule has 162 valence electrons. The average Bonchev–Trinajstić information content (AvgIpc) is 3.02. The molecule has 10 heteroatoms. The SMILES string of the molecule is COC(=O)c1ccc(N2CCN(C(=O)Cn3nc(C(F)(F)F)c(C)c3C)CC2)cc1. The molecule has 1 saturated heterocycles. The van der Waals surface area contributed by atoms with E-state index in [4.69, 9.17) is 0 Å². The molecule has 2 heterocycles. The number of nitrogens with zero attached hydrogens (tertiary/aromatic N) is 4. The first-order valence-corrected chi connectivity index (χ1v) is 9.44. The number of methoxy groups -OCH3 is 1. The number of rotatable bonds is 4. The summed E-state index contributed by atoms with van der Waals surface area (Å²) in [4.78, 5) is 27.8. The summed E-state index contributed by atoms with van der Waals surface area (Å²) in [5.41, 5.74) is 0.796. The van der Waals surface area contributed by atoms with Gasteiger partial charge in [0.05, 0.1) is 12.7 Å². The Labute approximate surface area is 172 Å². The monoisotopic (exact) mass is 424 g/mol. The summed E-state index contributed by atoms with van der Waals surface area (Å²) in [7, 11) is 1.32. The first kappa shape index (κ1) is 21.7. The van der Waals surface area contributed by atoms with Gasteiger partial charge in [0.25, 0.3) is 0 Å². The molecule has 1 aromatic carbocycles. The van der Waals surface area contributed by atoms with Crippen LogP contribution in [0, 0.1) is 13.8 Å². The van der Waals surface area contributed by atoms with Gasteiger partial charge >= 0.3 is 12.1 Å². The lowest BCUT2D eigenvalue weighted by Gasteiger charge is -2.36. The quantitative estimate of drug-likeness (QED) is 0.706. The van der Waals surface area contributed by atoms with E-state index in [0.717, 1.165) is 10.4 Å². The highest BCUT2D eigenvalue weighted by Crippen LogP contribution is 2.31. The van der Waals surface area contributed by atoms with Crippen LogP contribution in [0.15, 0.2) is 24.3 Å². The standard InChI is InChI=1S/C20H23F3N4O3/c1-13-14(2)27(24-18(13)20(21,22)23)12-17(28)26-10-8-25(9-11-26)16-6-4-15(5-7-16)19(29)30-3/h4-7H,8-12H2,1-3H3. The van der Waals surface area contributed by atoms with Crippen molar-refractivity contribution in [1.29, 1.82) is 0 Å². The second-order valence-electron chi connectivity index (χ2n) is 7.12. The lowest BCUT2D eigenvalue weighted by molar-refractivity contribution is -0.142. The lowest BCUT2D eigenvalue weighted by Crippen LogP contribution is -2.49. The number of carbonyl (C=O) groups excluding carboxylic acids is 2. The number of benzene rings is 1. The predicted octanol–water partition coefficient (Wildman–Crippen LogP) is 2.65. The van der Waals surface area contributed by atoms with Crippen LogP contribution in [0.3, 0.4) is 0 Å². The lowest BCUT2D eigenvalue weighted by atomic mass is 10.2. The molecule has 1 aliphatic heterocycles. The van der Waals surface area contributed by atoms with Gasteiger partial charge < -0.3 is 14.5 Å². The Balaban J connectivity index is 1.60. The second kappa shape index (κ2) is 8.37. The second-order valence-corrected chi connectivity index (χ2v) is 7.12. The Morgan fingerprint density at radius 1 is 1.07 bits per heavy atom. The molecule has 0 bridgehead atoms. The van der Waals surface area contributed by atoms with E-state index in [9.17, 15) is 22.8 Å². The highest BCUT2D eigenvalue weighted by atomic mass is 19.4. The molecule has 1 aliphatic rings. The number of hydrogen-bond acceptors (Lipinski definition) is 5. The van der Waals surface area contributed by atoms with Gasteiger partial charge in [-0.3, -0.25) is 9.48 Å². The van der Waals surface area contributed by atoms with Crippen molar-refractivity contribution in [3.05, 3.63) is 46.8 Å². The first-order valence-electron chi connectivity index (χ1n) is 9.44. The molecule has 3 rings (SSSR count). The topological polar surface area (TPSA) is 67.7 Å². The Morgan fingerprint density at radius 3 is 2.17 bits per heavy atom. The molecule has 1 fully saturated rings. The summed E-state index contributed by atoms with van der Waals surface area (Å²) in [6, 6.07) is 7.00. The molecule has 30 heavy (non-hydrogen) atoms. The van der Waals surface area contributed by atoms with Crippen LogP contribution < -0.4 is 4.90 Å². The molecule has 1 amide bonds. The minimum atomic E-state index is -4.54. The summed E-state index contributed by atoms with van der Waals surface area (Å²) >= 11 is 0. The number of esters is 1. The zero-order valence-electron chi connectivity index (χ0n) is 17.0. The maximum atomic E-state index is 13.0.